The van der Waals surface area contributed by atoms with Crippen LogP contribution in [0.2, 0.25) is 0 Å². The number of rotatable bonds is 2. The summed E-state index contributed by atoms with van der Waals surface area (Å²) in [4.78, 5) is 14.3. The molecule has 2 heterocycles. The molecule has 0 aromatic heterocycles. The van der Waals surface area contributed by atoms with Crippen molar-refractivity contribution < 1.29 is 18.7 Å². The highest BCUT2D eigenvalue weighted by Gasteiger charge is 2.45. The lowest BCUT2D eigenvalue weighted by Gasteiger charge is -2.39. The second kappa shape index (κ2) is 6.26. The number of amides is 1. The molecule has 4 nitrogen and oxygen atoms in total. The largest absolute Gasteiger partial charge is 0.487 e. The van der Waals surface area contributed by atoms with E-state index in [1.54, 1.807) is 6.07 Å². The predicted octanol–water partition coefficient (Wildman–Crippen LogP) is 4.44. The minimum Gasteiger partial charge on any atom is -0.487 e. The van der Waals surface area contributed by atoms with Crippen molar-refractivity contribution in [3.63, 3.8) is 0 Å². The summed E-state index contributed by atoms with van der Waals surface area (Å²) in [6.45, 7) is 7.49. The van der Waals surface area contributed by atoms with Gasteiger partial charge in [0.1, 0.15) is 11.7 Å². The molecular weight excluding hydrogens is 309 g/mol. The number of carbonyl (C=O) groups is 1. The molecule has 3 rings (SSSR count). The second-order valence-electron chi connectivity index (χ2n) is 7.92. The van der Waals surface area contributed by atoms with Gasteiger partial charge in [-0.25, -0.2) is 9.18 Å². The number of halogens is 1. The first-order valence-electron chi connectivity index (χ1n) is 8.67. The van der Waals surface area contributed by atoms with Gasteiger partial charge < -0.3 is 14.4 Å². The smallest absolute Gasteiger partial charge is 0.410 e. The molecule has 2 aliphatic heterocycles. The van der Waals surface area contributed by atoms with Crippen LogP contribution in [0.3, 0.4) is 0 Å². The molecule has 0 radical (unpaired) electrons. The van der Waals surface area contributed by atoms with Crippen LogP contribution >= 0.6 is 0 Å². The van der Waals surface area contributed by atoms with Crippen molar-refractivity contribution in [2.24, 2.45) is 0 Å². The molecule has 0 spiro atoms. The van der Waals surface area contributed by atoms with E-state index < -0.39 is 5.60 Å². The summed E-state index contributed by atoms with van der Waals surface area (Å²) in [7, 11) is 0. The zero-order chi connectivity index (χ0) is 17.5. The Bertz CT molecular complexity index is 612. The van der Waals surface area contributed by atoms with Gasteiger partial charge in [0, 0.05) is 24.9 Å². The van der Waals surface area contributed by atoms with E-state index in [1.165, 1.54) is 6.07 Å². The van der Waals surface area contributed by atoms with Crippen molar-refractivity contribution in [1.29, 1.82) is 0 Å². The number of fused-ring (bicyclic) bond motifs is 2. The maximum absolute atomic E-state index is 14.0. The SMILES string of the molecule is Cc1ccc(O[C@H]2C[C@H]3CC[C@@H](C2)N3C(=O)OC(C)(C)C)c(F)c1. The van der Waals surface area contributed by atoms with E-state index in [1.807, 2.05) is 38.7 Å². The maximum atomic E-state index is 14.0. The number of hydrogen-bond donors (Lipinski definition) is 0. The fourth-order valence-electron chi connectivity index (χ4n) is 3.72. The molecule has 2 fully saturated rings. The van der Waals surface area contributed by atoms with E-state index in [0.717, 1.165) is 31.2 Å². The van der Waals surface area contributed by atoms with Crippen LogP contribution in [0.15, 0.2) is 18.2 Å². The van der Waals surface area contributed by atoms with Crippen LogP contribution in [0, 0.1) is 12.7 Å². The highest BCUT2D eigenvalue weighted by molar-refractivity contribution is 5.69. The van der Waals surface area contributed by atoms with Crippen LogP contribution in [0.1, 0.15) is 52.0 Å². The van der Waals surface area contributed by atoms with Crippen LogP contribution in [-0.2, 0) is 4.74 Å². The first-order valence-corrected chi connectivity index (χ1v) is 8.67. The molecular formula is C19H26FNO3. The number of aryl methyl sites for hydroxylation is 1. The van der Waals surface area contributed by atoms with Gasteiger partial charge in [-0.05, 0) is 58.2 Å². The minimum absolute atomic E-state index is 0.0570. The minimum atomic E-state index is -0.491. The first-order chi connectivity index (χ1) is 11.2. The van der Waals surface area contributed by atoms with Crippen LogP contribution in [0.25, 0.3) is 0 Å². The van der Waals surface area contributed by atoms with Gasteiger partial charge in [0.2, 0.25) is 0 Å². The van der Waals surface area contributed by atoms with Crippen LogP contribution in [-0.4, -0.2) is 34.8 Å². The lowest BCUT2D eigenvalue weighted by atomic mass is 10.00. The number of piperidine rings is 1. The summed E-state index contributed by atoms with van der Waals surface area (Å²) in [5, 5.41) is 0. The van der Waals surface area contributed by atoms with Crippen molar-refractivity contribution in [3.8, 4) is 5.75 Å². The Hall–Kier alpha value is -1.78. The monoisotopic (exact) mass is 335 g/mol. The second-order valence-corrected chi connectivity index (χ2v) is 7.92. The lowest BCUT2D eigenvalue weighted by Crippen LogP contribution is -2.50. The third kappa shape index (κ3) is 3.65. The summed E-state index contributed by atoms with van der Waals surface area (Å²) >= 11 is 0. The van der Waals surface area contributed by atoms with Gasteiger partial charge in [0.15, 0.2) is 11.6 Å². The molecule has 132 valence electrons. The molecule has 5 heteroatoms. The third-order valence-electron chi connectivity index (χ3n) is 4.68. The Morgan fingerprint density at radius 2 is 1.83 bits per heavy atom. The number of nitrogens with zero attached hydrogens (tertiary/aromatic N) is 1. The predicted molar refractivity (Wildman–Crippen MR) is 89.7 cm³/mol. The van der Waals surface area contributed by atoms with E-state index >= 15 is 0 Å². The highest BCUT2D eigenvalue weighted by atomic mass is 19.1. The van der Waals surface area contributed by atoms with Crippen molar-refractivity contribution in [2.45, 2.75) is 77.2 Å². The number of carbonyl (C=O) groups excluding carboxylic acids is 1. The molecule has 2 aliphatic rings. The summed E-state index contributed by atoms with van der Waals surface area (Å²) in [5.41, 5.74) is 0.384. The molecule has 0 saturated carbocycles. The van der Waals surface area contributed by atoms with Crippen LogP contribution in [0.4, 0.5) is 9.18 Å². The van der Waals surface area contributed by atoms with Crippen molar-refractivity contribution in [2.75, 3.05) is 0 Å². The number of benzene rings is 1. The topological polar surface area (TPSA) is 38.8 Å². The van der Waals surface area contributed by atoms with Gasteiger partial charge in [-0.1, -0.05) is 6.07 Å². The van der Waals surface area contributed by atoms with Gasteiger partial charge in [-0.3, -0.25) is 0 Å². The van der Waals surface area contributed by atoms with Gasteiger partial charge >= 0.3 is 6.09 Å². The lowest BCUT2D eigenvalue weighted by molar-refractivity contribution is -0.00753. The molecule has 1 aromatic rings. The first kappa shape index (κ1) is 17.1. The van der Waals surface area contributed by atoms with Crippen molar-refractivity contribution in [1.82, 2.24) is 4.90 Å². The van der Waals surface area contributed by atoms with E-state index in [4.69, 9.17) is 9.47 Å². The fourth-order valence-corrected chi connectivity index (χ4v) is 3.72. The Morgan fingerprint density at radius 3 is 2.38 bits per heavy atom. The zero-order valence-corrected chi connectivity index (χ0v) is 14.8. The Kier molecular flexibility index (Phi) is 4.45. The summed E-state index contributed by atoms with van der Waals surface area (Å²) < 4.78 is 25.4. The molecule has 2 bridgehead atoms. The standard InChI is InChI=1S/C19H26FNO3/c1-12-5-8-17(16(20)9-12)23-15-10-13-6-7-14(11-15)21(13)18(22)24-19(2,3)4/h5,8-9,13-15H,6-7,10-11H2,1-4H3/t13-,14+,15+. The maximum Gasteiger partial charge on any atom is 0.410 e. The quantitative estimate of drug-likeness (QED) is 0.802. The molecule has 1 amide bonds. The van der Waals surface area contributed by atoms with Crippen LogP contribution < -0.4 is 4.74 Å². The van der Waals surface area contributed by atoms with Crippen molar-refractivity contribution >= 4 is 6.09 Å². The molecule has 0 N–H and O–H groups in total. The van der Waals surface area contributed by atoms with E-state index in [-0.39, 0.29) is 30.1 Å². The molecule has 0 unspecified atom stereocenters. The number of ether oxygens (including phenoxy) is 2. The van der Waals surface area contributed by atoms with Gasteiger partial charge in [0.05, 0.1) is 0 Å². The molecule has 3 atom stereocenters. The number of hydrogen-bond acceptors (Lipinski definition) is 3. The van der Waals surface area contributed by atoms with Crippen LogP contribution in [0.5, 0.6) is 5.75 Å². The third-order valence-corrected chi connectivity index (χ3v) is 4.68. The van der Waals surface area contributed by atoms with Gasteiger partial charge in [-0.2, -0.15) is 0 Å². The molecule has 24 heavy (non-hydrogen) atoms. The highest BCUT2D eigenvalue weighted by Crippen LogP contribution is 2.38. The Balaban J connectivity index is 1.66. The van der Waals surface area contributed by atoms with E-state index in [9.17, 15) is 9.18 Å². The molecule has 0 aliphatic carbocycles. The average Bonchev–Trinajstić information content (AvgIpc) is 2.72. The van der Waals surface area contributed by atoms with Gasteiger partial charge in [0.25, 0.3) is 0 Å². The Morgan fingerprint density at radius 1 is 1.21 bits per heavy atom. The van der Waals surface area contributed by atoms with Gasteiger partial charge in [-0.15, -0.1) is 0 Å². The zero-order valence-electron chi connectivity index (χ0n) is 14.8. The van der Waals surface area contributed by atoms with Crippen molar-refractivity contribution in [3.05, 3.63) is 29.6 Å². The fraction of sp³-hybridized carbons (Fsp3) is 0.632. The average molecular weight is 335 g/mol. The summed E-state index contributed by atoms with van der Waals surface area (Å²) in [5.74, 6) is -0.0207. The Labute approximate surface area is 142 Å². The summed E-state index contributed by atoms with van der Waals surface area (Å²) in [6, 6.07) is 5.27. The normalized spacial score (nSPS) is 26.4. The summed E-state index contributed by atoms with van der Waals surface area (Å²) in [6.07, 6.45) is 3.07. The molecule has 1 aromatic carbocycles. The van der Waals surface area contributed by atoms with E-state index in [2.05, 4.69) is 0 Å². The molecule has 2 saturated heterocycles. The van der Waals surface area contributed by atoms with E-state index in [0.29, 0.717) is 5.75 Å².